The zero-order chi connectivity index (χ0) is 20.3. The summed E-state index contributed by atoms with van der Waals surface area (Å²) in [6.45, 7) is 7.40. The molecule has 2 aromatic rings. The third kappa shape index (κ3) is 4.71. The second kappa shape index (κ2) is 8.04. The monoisotopic (exact) mass is 382 g/mol. The highest BCUT2D eigenvalue weighted by Crippen LogP contribution is 2.26. The largest absolute Gasteiger partial charge is 0.478 e. The SMILES string of the molecule is CC(C)(C)C(=O)N1CCCC(Cc2cncc(-c3cncc(C(=O)O)c3)n2)C1. The van der Waals surface area contributed by atoms with Crippen molar-refractivity contribution in [1.29, 1.82) is 0 Å². The lowest BCUT2D eigenvalue weighted by molar-refractivity contribution is -0.141. The highest BCUT2D eigenvalue weighted by Gasteiger charge is 2.31. The van der Waals surface area contributed by atoms with Gasteiger partial charge in [-0.15, -0.1) is 0 Å². The maximum Gasteiger partial charge on any atom is 0.337 e. The van der Waals surface area contributed by atoms with Crippen LogP contribution in [-0.2, 0) is 11.2 Å². The zero-order valence-corrected chi connectivity index (χ0v) is 16.6. The molecule has 0 aromatic carbocycles. The highest BCUT2D eigenvalue weighted by atomic mass is 16.4. The Labute approximate surface area is 164 Å². The number of rotatable bonds is 4. The molecule has 0 spiro atoms. The van der Waals surface area contributed by atoms with E-state index in [9.17, 15) is 9.59 Å². The lowest BCUT2D eigenvalue weighted by atomic mass is 9.89. The standard InChI is InChI=1S/C21H26N4O3/c1-21(2,3)20(28)25-6-4-5-14(13-25)7-17-11-23-12-18(24-17)15-8-16(19(26)27)10-22-9-15/h8-12,14H,4-7,13H2,1-3H3,(H,26,27). The average molecular weight is 382 g/mol. The van der Waals surface area contributed by atoms with E-state index in [2.05, 4.69) is 15.0 Å². The number of carbonyl (C=O) groups is 2. The van der Waals surface area contributed by atoms with Gasteiger partial charge < -0.3 is 10.0 Å². The van der Waals surface area contributed by atoms with Crippen molar-refractivity contribution in [2.45, 2.75) is 40.0 Å². The minimum atomic E-state index is -1.02. The minimum Gasteiger partial charge on any atom is -0.478 e. The van der Waals surface area contributed by atoms with Crippen LogP contribution in [0.3, 0.4) is 0 Å². The zero-order valence-electron chi connectivity index (χ0n) is 16.6. The molecule has 1 atom stereocenters. The minimum absolute atomic E-state index is 0.119. The smallest absolute Gasteiger partial charge is 0.337 e. The van der Waals surface area contributed by atoms with Gasteiger partial charge in [-0.1, -0.05) is 20.8 Å². The first-order chi connectivity index (χ1) is 13.2. The van der Waals surface area contributed by atoms with Gasteiger partial charge in [-0.2, -0.15) is 0 Å². The fraction of sp³-hybridized carbons (Fsp3) is 0.476. The summed E-state index contributed by atoms with van der Waals surface area (Å²) >= 11 is 0. The van der Waals surface area contributed by atoms with Gasteiger partial charge in [0.2, 0.25) is 5.91 Å². The van der Waals surface area contributed by atoms with Gasteiger partial charge in [-0.3, -0.25) is 14.8 Å². The molecule has 1 aliphatic rings. The van der Waals surface area contributed by atoms with Crippen LogP contribution in [0, 0.1) is 11.3 Å². The van der Waals surface area contributed by atoms with Crippen molar-refractivity contribution >= 4 is 11.9 Å². The number of nitrogens with zero attached hydrogens (tertiary/aromatic N) is 4. The van der Waals surface area contributed by atoms with Crippen molar-refractivity contribution in [1.82, 2.24) is 19.9 Å². The van der Waals surface area contributed by atoms with Crippen LogP contribution in [0.4, 0.5) is 0 Å². The highest BCUT2D eigenvalue weighted by molar-refractivity contribution is 5.88. The molecule has 1 aliphatic heterocycles. The Morgan fingerprint density at radius 2 is 1.93 bits per heavy atom. The van der Waals surface area contributed by atoms with E-state index in [1.165, 1.54) is 6.20 Å². The fourth-order valence-electron chi connectivity index (χ4n) is 3.53. The molecule has 1 fully saturated rings. The summed E-state index contributed by atoms with van der Waals surface area (Å²) in [5.74, 6) is -0.494. The Kier molecular flexibility index (Phi) is 5.72. The van der Waals surface area contributed by atoms with E-state index in [1.54, 1.807) is 24.7 Å². The Balaban J connectivity index is 1.73. The van der Waals surface area contributed by atoms with E-state index in [0.717, 1.165) is 38.0 Å². The summed E-state index contributed by atoms with van der Waals surface area (Å²) in [4.78, 5) is 38.6. The van der Waals surface area contributed by atoms with Gasteiger partial charge in [0, 0.05) is 42.7 Å². The summed E-state index contributed by atoms with van der Waals surface area (Å²) in [6.07, 6.45) is 9.03. The van der Waals surface area contributed by atoms with Crippen LogP contribution in [0.2, 0.25) is 0 Å². The topological polar surface area (TPSA) is 96.3 Å². The molecule has 3 rings (SSSR count). The molecule has 7 heteroatoms. The number of carboxylic acids is 1. The number of likely N-dealkylation sites (tertiary alicyclic amines) is 1. The normalized spacial score (nSPS) is 17.4. The van der Waals surface area contributed by atoms with Crippen LogP contribution in [0.25, 0.3) is 11.3 Å². The van der Waals surface area contributed by atoms with Gasteiger partial charge in [0.25, 0.3) is 0 Å². The molecular weight excluding hydrogens is 356 g/mol. The molecule has 148 valence electrons. The van der Waals surface area contributed by atoms with E-state index < -0.39 is 5.97 Å². The summed E-state index contributed by atoms with van der Waals surface area (Å²) in [5, 5.41) is 9.15. The molecular formula is C21H26N4O3. The summed E-state index contributed by atoms with van der Waals surface area (Å²) in [5.41, 5.74) is 1.82. The Bertz CT molecular complexity index is 876. The molecule has 1 unspecified atom stereocenters. The fourth-order valence-corrected chi connectivity index (χ4v) is 3.53. The van der Waals surface area contributed by atoms with Crippen molar-refractivity contribution < 1.29 is 14.7 Å². The molecule has 0 radical (unpaired) electrons. The van der Waals surface area contributed by atoms with Crippen LogP contribution in [-0.4, -0.2) is 49.9 Å². The lowest BCUT2D eigenvalue weighted by Gasteiger charge is -2.36. The van der Waals surface area contributed by atoms with Gasteiger partial charge >= 0.3 is 5.97 Å². The van der Waals surface area contributed by atoms with Crippen molar-refractivity contribution in [3.8, 4) is 11.3 Å². The predicted octanol–water partition coefficient (Wildman–Crippen LogP) is 3.06. The summed E-state index contributed by atoms with van der Waals surface area (Å²) in [7, 11) is 0. The van der Waals surface area contributed by atoms with Crippen molar-refractivity contribution in [3.05, 3.63) is 42.1 Å². The molecule has 2 aromatic heterocycles. The Hall–Kier alpha value is -2.83. The van der Waals surface area contributed by atoms with Crippen LogP contribution >= 0.6 is 0 Å². The van der Waals surface area contributed by atoms with Gasteiger partial charge in [-0.25, -0.2) is 9.78 Å². The van der Waals surface area contributed by atoms with E-state index in [4.69, 9.17) is 5.11 Å². The van der Waals surface area contributed by atoms with Gasteiger partial charge in [-0.05, 0) is 31.2 Å². The maximum atomic E-state index is 12.6. The van der Waals surface area contributed by atoms with Crippen LogP contribution < -0.4 is 0 Å². The van der Waals surface area contributed by atoms with E-state index in [-0.39, 0.29) is 16.9 Å². The van der Waals surface area contributed by atoms with Gasteiger partial charge in [0.15, 0.2) is 0 Å². The second-order valence-corrected chi connectivity index (χ2v) is 8.38. The summed E-state index contributed by atoms with van der Waals surface area (Å²) in [6, 6.07) is 1.55. The van der Waals surface area contributed by atoms with Crippen LogP contribution in [0.1, 0.15) is 49.7 Å². The average Bonchev–Trinajstić information content (AvgIpc) is 2.67. The third-order valence-electron chi connectivity index (χ3n) is 4.91. The molecule has 1 amide bonds. The predicted molar refractivity (Wildman–Crippen MR) is 105 cm³/mol. The van der Waals surface area contributed by atoms with Crippen molar-refractivity contribution in [2.75, 3.05) is 13.1 Å². The molecule has 3 heterocycles. The third-order valence-corrected chi connectivity index (χ3v) is 4.91. The Morgan fingerprint density at radius 3 is 2.64 bits per heavy atom. The maximum absolute atomic E-state index is 12.6. The Morgan fingerprint density at radius 1 is 1.18 bits per heavy atom. The number of hydrogen-bond acceptors (Lipinski definition) is 5. The molecule has 0 saturated carbocycles. The molecule has 1 N–H and O–H groups in total. The quantitative estimate of drug-likeness (QED) is 0.873. The molecule has 28 heavy (non-hydrogen) atoms. The van der Waals surface area contributed by atoms with E-state index in [0.29, 0.717) is 17.2 Å². The summed E-state index contributed by atoms with van der Waals surface area (Å²) < 4.78 is 0. The first kappa shape index (κ1) is 19.9. The molecule has 1 saturated heterocycles. The molecule has 0 bridgehead atoms. The van der Waals surface area contributed by atoms with Crippen molar-refractivity contribution in [3.63, 3.8) is 0 Å². The van der Waals surface area contributed by atoms with Gasteiger partial charge in [0.1, 0.15) is 0 Å². The number of hydrogen-bond donors (Lipinski definition) is 1. The number of aromatic nitrogens is 3. The van der Waals surface area contributed by atoms with E-state index >= 15 is 0 Å². The number of aromatic carboxylic acids is 1. The number of piperidine rings is 1. The first-order valence-corrected chi connectivity index (χ1v) is 9.53. The van der Waals surface area contributed by atoms with Gasteiger partial charge in [0.05, 0.1) is 23.1 Å². The number of carbonyl (C=O) groups excluding carboxylic acids is 1. The number of amides is 1. The van der Waals surface area contributed by atoms with Crippen LogP contribution in [0.15, 0.2) is 30.9 Å². The first-order valence-electron chi connectivity index (χ1n) is 9.53. The molecule has 0 aliphatic carbocycles. The molecule has 7 nitrogen and oxygen atoms in total. The van der Waals surface area contributed by atoms with Crippen molar-refractivity contribution in [2.24, 2.45) is 11.3 Å². The van der Waals surface area contributed by atoms with E-state index in [1.807, 2.05) is 25.7 Å². The number of pyridine rings is 1. The lowest BCUT2D eigenvalue weighted by Crippen LogP contribution is -2.45. The number of carboxylic acid groups (broad SMARTS) is 1. The second-order valence-electron chi connectivity index (χ2n) is 8.38. The van der Waals surface area contributed by atoms with Crippen LogP contribution in [0.5, 0.6) is 0 Å².